The van der Waals surface area contributed by atoms with Gasteiger partial charge in [0.1, 0.15) is 5.82 Å². The predicted molar refractivity (Wildman–Crippen MR) is 119 cm³/mol. The third-order valence-corrected chi connectivity index (χ3v) is 5.38. The normalized spacial score (nSPS) is 13.7. The van der Waals surface area contributed by atoms with E-state index >= 15 is 0 Å². The summed E-state index contributed by atoms with van der Waals surface area (Å²) in [7, 11) is 0. The molecule has 34 heavy (non-hydrogen) atoms. The van der Waals surface area contributed by atoms with Gasteiger partial charge in [0.25, 0.3) is 11.8 Å². The van der Waals surface area contributed by atoms with E-state index in [1.165, 1.54) is 6.20 Å². The van der Waals surface area contributed by atoms with E-state index in [1.807, 2.05) is 0 Å². The van der Waals surface area contributed by atoms with Crippen LogP contribution in [0, 0.1) is 0 Å². The maximum absolute atomic E-state index is 13.4. The lowest BCUT2D eigenvalue weighted by molar-refractivity contribution is -0.141. The van der Waals surface area contributed by atoms with Crippen molar-refractivity contribution in [2.24, 2.45) is 0 Å². The fraction of sp³-hybridized carbons (Fsp3) is 0.304. The standard InChI is InChI=1S/C23H23F3N6O2/c24-23(25,26)20-18(15-32(30-20)17-6-2-1-3-7-17)22(34)28-11-10-27-21(33)16-8-9-19(29-14-16)31-12-4-5-13-31/h1-3,6-9,14-15H,4-5,10-13H2,(H,27,33)(H,28,34). The summed E-state index contributed by atoms with van der Waals surface area (Å²) in [6, 6.07) is 11.6. The summed E-state index contributed by atoms with van der Waals surface area (Å²) in [5.74, 6) is -0.499. The molecule has 178 valence electrons. The number of pyridine rings is 1. The van der Waals surface area contributed by atoms with Crippen molar-refractivity contribution in [3.63, 3.8) is 0 Å². The van der Waals surface area contributed by atoms with Crippen LogP contribution in [0.5, 0.6) is 0 Å². The molecule has 3 aromatic rings. The number of hydrogen-bond donors (Lipinski definition) is 2. The van der Waals surface area contributed by atoms with Crippen LogP contribution in [0.1, 0.15) is 39.3 Å². The average Bonchev–Trinajstić information content (AvgIpc) is 3.53. The van der Waals surface area contributed by atoms with E-state index in [-0.39, 0.29) is 19.0 Å². The van der Waals surface area contributed by atoms with Crippen molar-refractivity contribution >= 4 is 17.6 Å². The second kappa shape index (κ2) is 9.94. The van der Waals surface area contributed by atoms with E-state index in [2.05, 4.69) is 25.6 Å². The van der Waals surface area contributed by atoms with Gasteiger partial charge in [-0.3, -0.25) is 9.59 Å². The molecule has 1 fully saturated rings. The topological polar surface area (TPSA) is 92.2 Å². The third-order valence-electron chi connectivity index (χ3n) is 5.38. The second-order valence-electron chi connectivity index (χ2n) is 7.78. The van der Waals surface area contributed by atoms with Gasteiger partial charge in [-0.25, -0.2) is 9.67 Å². The lowest BCUT2D eigenvalue weighted by Crippen LogP contribution is -2.35. The number of para-hydroxylation sites is 1. The van der Waals surface area contributed by atoms with E-state index in [4.69, 9.17) is 0 Å². The van der Waals surface area contributed by atoms with Crippen LogP contribution in [0.3, 0.4) is 0 Å². The van der Waals surface area contributed by atoms with Crippen LogP contribution in [-0.2, 0) is 6.18 Å². The molecule has 0 saturated carbocycles. The molecule has 1 aliphatic rings. The smallest absolute Gasteiger partial charge is 0.357 e. The van der Waals surface area contributed by atoms with Crippen molar-refractivity contribution in [1.29, 1.82) is 0 Å². The van der Waals surface area contributed by atoms with E-state index in [9.17, 15) is 22.8 Å². The van der Waals surface area contributed by atoms with Crippen LogP contribution < -0.4 is 15.5 Å². The maximum atomic E-state index is 13.4. The number of hydrogen-bond acceptors (Lipinski definition) is 5. The molecular formula is C23H23F3N6O2. The number of carbonyl (C=O) groups is 2. The highest BCUT2D eigenvalue weighted by Crippen LogP contribution is 2.31. The maximum Gasteiger partial charge on any atom is 0.435 e. The van der Waals surface area contributed by atoms with Crippen molar-refractivity contribution in [3.05, 3.63) is 71.7 Å². The number of nitrogens with one attached hydrogen (secondary N) is 2. The summed E-state index contributed by atoms with van der Waals surface area (Å²) >= 11 is 0. The number of rotatable bonds is 7. The molecular weight excluding hydrogens is 449 g/mol. The Balaban J connectivity index is 1.33. The third kappa shape index (κ3) is 5.36. The van der Waals surface area contributed by atoms with Crippen molar-refractivity contribution in [2.75, 3.05) is 31.1 Å². The molecule has 0 bridgehead atoms. The van der Waals surface area contributed by atoms with Crippen molar-refractivity contribution < 1.29 is 22.8 Å². The number of anilines is 1. The first-order valence-corrected chi connectivity index (χ1v) is 10.8. The quantitative estimate of drug-likeness (QED) is 0.516. The molecule has 0 spiro atoms. The van der Waals surface area contributed by atoms with Gasteiger partial charge in [0, 0.05) is 38.6 Å². The number of nitrogens with zero attached hydrogens (tertiary/aromatic N) is 4. The Morgan fingerprint density at radius 3 is 2.24 bits per heavy atom. The van der Waals surface area contributed by atoms with Gasteiger partial charge in [-0.1, -0.05) is 18.2 Å². The molecule has 1 saturated heterocycles. The summed E-state index contributed by atoms with van der Waals surface area (Å²) in [5, 5.41) is 8.58. The zero-order chi connectivity index (χ0) is 24.1. The Labute approximate surface area is 193 Å². The van der Waals surface area contributed by atoms with Gasteiger partial charge in [-0.2, -0.15) is 18.3 Å². The summed E-state index contributed by atoms with van der Waals surface area (Å²) in [4.78, 5) is 31.2. The summed E-state index contributed by atoms with van der Waals surface area (Å²) in [5.41, 5.74) is -1.12. The van der Waals surface area contributed by atoms with Gasteiger partial charge in [-0.05, 0) is 37.1 Å². The SMILES string of the molecule is O=C(NCCNC(=O)c1cn(-c2ccccc2)nc1C(F)(F)F)c1ccc(N2CCCC2)nc1. The largest absolute Gasteiger partial charge is 0.435 e. The second-order valence-corrected chi connectivity index (χ2v) is 7.78. The van der Waals surface area contributed by atoms with Crippen molar-refractivity contribution in [2.45, 2.75) is 19.0 Å². The summed E-state index contributed by atoms with van der Waals surface area (Å²) in [6.07, 6.45) is -0.0374. The zero-order valence-corrected chi connectivity index (χ0v) is 18.2. The monoisotopic (exact) mass is 472 g/mol. The molecule has 0 unspecified atom stereocenters. The van der Waals surface area contributed by atoms with Gasteiger partial charge in [0.15, 0.2) is 5.69 Å². The van der Waals surface area contributed by atoms with Gasteiger partial charge >= 0.3 is 6.18 Å². The molecule has 1 aliphatic heterocycles. The van der Waals surface area contributed by atoms with Gasteiger partial charge in [0.05, 0.1) is 16.8 Å². The van der Waals surface area contributed by atoms with Crippen LogP contribution in [0.25, 0.3) is 5.69 Å². The Morgan fingerprint density at radius 2 is 1.62 bits per heavy atom. The lowest BCUT2D eigenvalue weighted by Gasteiger charge is -2.16. The van der Waals surface area contributed by atoms with Crippen LogP contribution in [0.4, 0.5) is 19.0 Å². The first-order chi connectivity index (χ1) is 16.3. The van der Waals surface area contributed by atoms with E-state index < -0.39 is 23.3 Å². The minimum atomic E-state index is -4.80. The zero-order valence-electron chi connectivity index (χ0n) is 18.2. The van der Waals surface area contributed by atoms with Crippen LogP contribution in [0.15, 0.2) is 54.9 Å². The van der Waals surface area contributed by atoms with Gasteiger partial charge in [0.2, 0.25) is 0 Å². The molecule has 8 nitrogen and oxygen atoms in total. The van der Waals surface area contributed by atoms with Gasteiger partial charge < -0.3 is 15.5 Å². The highest BCUT2D eigenvalue weighted by atomic mass is 19.4. The summed E-state index contributed by atoms with van der Waals surface area (Å²) in [6.45, 7) is 1.86. The molecule has 11 heteroatoms. The number of halogens is 3. The van der Waals surface area contributed by atoms with Gasteiger partial charge in [-0.15, -0.1) is 0 Å². The van der Waals surface area contributed by atoms with Crippen LogP contribution >= 0.6 is 0 Å². The first kappa shape index (κ1) is 23.3. The molecule has 3 heterocycles. The van der Waals surface area contributed by atoms with E-state index in [0.717, 1.165) is 42.6 Å². The molecule has 2 amide bonds. The Kier molecular flexibility index (Phi) is 6.80. The minimum Gasteiger partial charge on any atom is -0.357 e. The number of aromatic nitrogens is 3. The number of carbonyl (C=O) groups excluding carboxylic acids is 2. The van der Waals surface area contributed by atoms with Crippen molar-refractivity contribution in [3.8, 4) is 5.69 Å². The van der Waals surface area contributed by atoms with Crippen LogP contribution in [0.2, 0.25) is 0 Å². The molecule has 0 aliphatic carbocycles. The lowest BCUT2D eigenvalue weighted by atomic mass is 10.2. The fourth-order valence-corrected chi connectivity index (χ4v) is 3.67. The molecule has 0 atom stereocenters. The molecule has 1 aromatic carbocycles. The molecule has 0 radical (unpaired) electrons. The predicted octanol–water partition coefficient (Wildman–Crippen LogP) is 3.05. The first-order valence-electron chi connectivity index (χ1n) is 10.8. The van der Waals surface area contributed by atoms with Crippen LogP contribution in [-0.4, -0.2) is 52.8 Å². The average molecular weight is 472 g/mol. The minimum absolute atomic E-state index is 0.0343. The highest BCUT2D eigenvalue weighted by Gasteiger charge is 2.39. The van der Waals surface area contributed by atoms with Crippen molar-refractivity contribution in [1.82, 2.24) is 25.4 Å². The number of benzene rings is 1. The van der Waals surface area contributed by atoms with E-state index in [0.29, 0.717) is 11.3 Å². The number of amides is 2. The molecule has 4 rings (SSSR count). The molecule has 2 N–H and O–H groups in total. The Morgan fingerprint density at radius 1 is 0.941 bits per heavy atom. The van der Waals surface area contributed by atoms with E-state index in [1.54, 1.807) is 42.5 Å². The molecule has 2 aromatic heterocycles. The fourth-order valence-electron chi connectivity index (χ4n) is 3.67. The summed E-state index contributed by atoms with van der Waals surface area (Å²) < 4.78 is 41.3. The highest BCUT2D eigenvalue weighted by molar-refractivity contribution is 5.96. The number of alkyl halides is 3. The Hall–Kier alpha value is -3.89. The Bertz CT molecular complexity index is 1140.